The van der Waals surface area contributed by atoms with E-state index in [1.54, 1.807) is 12.3 Å². The molecule has 0 aliphatic heterocycles. The summed E-state index contributed by atoms with van der Waals surface area (Å²) < 4.78 is 27.4. The van der Waals surface area contributed by atoms with Crippen molar-refractivity contribution in [1.82, 2.24) is 24.6 Å². The molecular weight excluding hydrogens is 510 g/mol. The first-order valence-electron chi connectivity index (χ1n) is 11.9. The molecule has 5 N–H and O–H groups in total. The van der Waals surface area contributed by atoms with Crippen molar-refractivity contribution >= 4 is 51.3 Å². The third-order valence-electron chi connectivity index (χ3n) is 6.69. The third kappa shape index (κ3) is 7.28. The normalized spacial score (nSPS) is 18.9. The molecule has 3 rings (SSSR count). The number of nitrogens with one attached hydrogen (secondary N) is 2. The molecule has 202 valence electrons. The summed E-state index contributed by atoms with van der Waals surface area (Å²) in [6.45, 7) is 0.465. The summed E-state index contributed by atoms with van der Waals surface area (Å²) in [4.78, 5) is 35.2. The van der Waals surface area contributed by atoms with Crippen LogP contribution in [-0.4, -0.2) is 78.5 Å². The first kappa shape index (κ1) is 29.7. The van der Waals surface area contributed by atoms with Crippen molar-refractivity contribution in [1.29, 1.82) is 0 Å². The Morgan fingerprint density at radius 2 is 1.94 bits per heavy atom. The number of aromatic nitrogens is 3. The lowest BCUT2D eigenvalue weighted by molar-refractivity contribution is -0.139. The number of halogens is 1. The third-order valence-corrected chi connectivity index (χ3v) is 8.22. The molecular formula is C22H36ClN7O5S. The second-order valence-electron chi connectivity index (χ2n) is 9.02. The van der Waals surface area contributed by atoms with Gasteiger partial charge in [-0.25, -0.2) is 32.7 Å². The van der Waals surface area contributed by atoms with Gasteiger partial charge in [-0.1, -0.05) is 0 Å². The molecule has 1 saturated carbocycles. The van der Waals surface area contributed by atoms with E-state index in [9.17, 15) is 23.1 Å². The first-order valence-corrected chi connectivity index (χ1v) is 13.5. The maximum atomic E-state index is 12.9. The molecule has 1 aliphatic rings. The van der Waals surface area contributed by atoms with Gasteiger partial charge in [0, 0.05) is 19.3 Å². The van der Waals surface area contributed by atoms with E-state index < -0.39 is 28.1 Å². The van der Waals surface area contributed by atoms with Gasteiger partial charge in [0.15, 0.2) is 5.65 Å². The van der Waals surface area contributed by atoms with E-state index in [1.165, 1.54) is 17.9 Å². The highest BCUT2D eigenvalue weighted by atomic mass is 35.5. The van der Waals surface area contributed by atoms with Gasteiger partial charge in [-0.3, -0.25) is 4.57 Å². The largest absolute Gasteiger partial charge is 0.480 e. The molecule has 1 amide bonds. The molecule has 2 heterocycles. The molecule has 0 spiro atoms. The summed E-state index contributed by atoms with van der Waals surface area (Å²) in [6, 6.07) is 0.338. The van der Waals surface area contributed by atoms with Crippen molar-refractivity contribution < 1.29 is 23.1 Å². The zero-order valence-corrected chi connectivity index (χ0v) is 22.2. The number of fused-ring (bicyclic) bond motifs is 1. The summed E-state index contributed by atoms with van der Waals surface area (Å²) in [5, 5.41) is 12.7. The minimum Gasteiger partial charge on any atom is -0.480 e. The lowest BCUT2D eigenvalue weighted by Crippen LogP contribution is -2.42. The molecule has 2 aromatic heterocycles. The number of carbonyl (C=O) groups excluding carboxylic acids is 1. The molecule has 0 aromatic carbocycles. The lowest BCUT2D eigenvalue weighted by atomic mass is 9.86. The summed E-state index contributed by atoms with van der Waals surface area (Å²) in [7, 11) is 0.141. The Bertz CT molecular complexity index is 1140. The van der Waals surface area contributed by atoms with Crippen molar-refractivity contribution in [3.63, 3.8) is 0 Å². The Morgan fingerprint density at radius 1 is 1.25 bits per heavy atom. The number of sulfonamides is 1. The number of unbranched alkanes of at least 4 members (excludes halogenated alkanes) is 1. The minimum atomic E-state index is -3.23. The van der Waals surface area contributed by atoms with E-state index in [0.717, 1.165) is 25.7 Å². The molecule has 1 unspecified atom stereocenters. The molecule has 2 aromatic rings. The standard InChI is InChI=1S/C22H35N7O5S.ClH/c1-24-35(33,34)13-15-6-8-16(9-7-15)28(2)19-17-10-12-29(20(17)26-14-25-19)22(32)27-18(21(30)31)5-3-4-11-23;/h10,12,14-16,18,24H,3-9,11,13,23H2,1-2H3,(H,27,32)(H,30,31);1H. The van der Waals surface area contributed by atoms with Crippen LogP contribution in [0, 0.1) is 5.92 Å². The lowest BCUT2D eigenvalue weighted by Gasteiger charge is -2.35. The number of anilines is 1. The van der Waals surface area contributed by atoms with Crippen LogP contribution in [0.5, 0.6) is 0 Å². The Balaban J connectivity index is 0.00000456. The van der Waals surface area contributed by atoms with Crippen LogP contribution in [0.25, 0.3) is 11.0 Å². The molecule has 36 heavy (non-hydrogen) atoms. The van der Waals surface area contributed by atoms with Crippen LogP contribution in [0.2, 0.25) is 0 Å². The van der Waals surface area contributed by atoms with E-state index in [-0.39, 0.29) is 30.1 Å². The second kappa shape index (κ2) is 13.2. The van der Waals surface area contributed by atoms with Crippen molar-refractivity contribution in [2.75, 3.05) is 31.3 Å². The Kier molecular flexibility index (Phi) is 10.9. The van der Waals surface area contributed by atoms with Crippen LogP contribution >= 0.6 is 12.4 Å². The van der Waals surface area contributed by atoms with E-state index in [0.29, 0.717) is 42.7 Å². The molecule has 0 bridgehead atoms. The molecule has 1 atom stereocenters. The highest BCUT2D eigenvalue weighted by molar-refractivity contribution is 7.89. The highest BCUT2D eigenvalue weighted by Crippen LogP contribution is 2.32. The Labute approximate surface area is 217 Å². The molecule has 1 fully saturated rings. The zero-order chi connectivity index (χ0) is 25.6. The zero-order valence-electron chi connectivity index (χ0n) is 20.6. The van der Waals surface area contributed by atoms with Gasteiger partial charge in [-0.05, 0) is 70.5 Å². The molecule has 1 aliphatic carbocycles. The summed E-state index contributed by atoms with van der Waals surface area (Å²) in [6.07, 6.45) is 7.78. The minimum absolute atomic E-state index is 0. The average Bonchev–Trinajstić information content (AvgIpc) is 3.27. The number of hydrogen-bond acceptors (Lipinski definition) is 8. The molecule has 0 radical (unpaired) electrons. The van der Waals surface area contributed by atoms with Crippen molar-refractivity contribution in [3.05, 3.63) is 18.6 Å². The number of aliphatic carboxylic acids is 1. The molecule has 0 saturated heterocycles. The predicted octanol–water partition coefficient (Wildman–Crippen LogP) is 1.54. The summed E-state index contributed by atoms with van der Waals surface area (Å²) >= 11 is 0. The number of nitrogens with zero attached hydrogens (tertiary/aromatic N) is 4. The van der Waals surface area contributed by atoms with Crippen molar-refractivity contribution in [2.24, 2.45) is 11.7 Å². The topological polar surface area (TPSA) is 173 Å². The average molecular weight is 546 g/mol. The predicted molar refractivity (Wildman–Crippen MR) is 140 cm³/mol. The fourth-order valence-corrected chi connectivity index (χ4v) is 5.74. The van der Waals surface area contributed by atoms with Crippen LogP contribution in [0.1, 0.15) is 44.9 Å². The SMILES string of the molecule is CNS(=O)(=O)CC1CCC(N(C)c2ncnc3c2ccn3C(=O)NC(CCCCN)C(=O)O)CC1.Cl. The fraction of sp³-hybridized carbons (Fsp3) is 0.636. The molecule has 12 nitrogen and oxygen atoms in total. The number of nitrogens with two attached hydrogens (primary N) is 1. The summed E-state index contributed by atoms with van der Waals surface area (Å²) in [5.74, 6) is -0.163. The van der Waals surface area contributed by atoms with Crippen LogP contribution in [0.15, 0.2) is 18.6 Å². The maximum Gasteiger partial charge on any atom is 0.327 e. The van der Waals surface area contributed by atoms with E-state index in [2.05, 4.69) is 24.9 Å². The van der Waals surface area contributed by atoms with Gasteiger partial charge in [-0.2, -0.15) is 0 Å². The van der Waals surface area contributed by atoms with Crippen LogP contribution < -0.4 is 20.7 Å². The fourth-order valence-electron chi connectivity index (χ4n) is 4.62. The van der Waals surface area contributed by atoms with Crippen LogP contribution in [-0.2, 0) is 14.8 Å². The van der Waals surface area contributed by atoms with Crippen LogP contribution in [0.3, 0.4) is 0 Å². The number of amides is 1. The second-order valence-corrected chi connectivity index (χ2v) is 11.0. The number of hydrogen-bond donors (Lipinski definition) is 4. The van der Waals surface area contributed by atoms with Gasteiger partial charge in [-0.15, -0.1) is 12.4 Å². The Morgan fingerprint density at radius 3 is 2.56 bits per heavy atom. The van der Waals surface area contributed by atoms with Crippen molar-refractivity contribution in [3.8, 4) is 0 Å². The van der Waals surface area contributed by atoms with Crippen molar-refractivity contribution in [2.45, 2.75) is 57.0 Å². The van der Waals surface area contributed by atoms with Gasteiger partial charge >= 0.3 is 12.0 Å². The maximum absolute atomic E-state index is 12.9. The van der Waals surface area contributed by atoms with E-state index in [4.69, 9.17) is 5.73 Å². The Hall–Kier alpha value is -2.48. The van der Waals surface area contributed by atoms with Gasteiger partial charge in [0.05, 0.1) is 11.1 Å². The highest BCUT2D eigenvalue weighted by Gasteiger charge is 2.29. The molecule has 14 heteroatoms. The smallest absolute Gasteiger partial charge is 0.327 e. The van der Waals surface area contributed by atoms with E-state index in [1.807, 2.05) is 7.05 Å². The van der Waals surface area contributed by atoms with Gasteiger partial charge in [0.2, 0.25) is 10.0 Å². The van der Waals surface area contributed by atoms with Gasteiger partial charge in [0.25, 0.3) is 0 Å². The number of carboxylic acid groups (broad SMARTS) is 1. The monoisotopic (exact) mass is 545 g/mol. The number of carboxylic acids is 1. The van der Waals surface area contributed by atoms with Gasteiger partial charge in [0.1, 0.15) is 18.2 Å². The van der Waals surface area contributed by atoms with Crippen LogP contribution in [0.4, 0.5) is 10.6 Å². The first-order chi connectivity index (χ1) is 16.7. The number of carbonyl (C=O) groups is 2. The summed E-state index contributed by atoms with van der Waals surface area (Å²) in [5.41, 5.74) is 5.87. The van der Waals surface area contributed by atoms with E-state index >= 15 is 0 Å². The quantitative estimate of drug-likeness (QED) is 0.305. The number of rotatable bonds is 11. The van der Waals surface area contributed by atoms with Gasteiger partial charge < -0.3 is 21.1 Å².